The summed E-state index contributed by atoms with van der Waals surface area (Å²) in [6.07, 6.45) is 0. The Kier molecular flexibility index (Phi) is 4.34. The molecule has 4 rings (SSSR count). The summed E-state index contributed by atoms with van der Waals surface area (Å²) in [5.74, 6) is -0.634. The van der Waals surface area contributed by atoms with Crippen LogP contribution >= 0.6 is 0 Å². The van der Waals surface area contributed by atoms with Gasteiger partial charge in [0.25, 0.3) is 0 Å². The average molecular weight is 357 g/mol. The quantitative estimate of drug-likeness (QED) is 0.793. The zero-order chi connectivity index (χ0) is 18.1. The average Bonchev–Trinajstić information content (AvgIpc) is 3.07. The molecule has 0 radical (unpaired) electrons. The number of carbonyl (C=O) groups is 3. The van der Waals surface area contributed by atoms with Gasteiger partial charge in [-0.1, -0.05) is 30.3 Å². The molecule has 1 aromatic rings. The fourth-order valence-corrected chi connectivity index (χ4v) is 3.42. The number of morpholine rings is 1. The summed E-state index contributed by atoms with van der Waals surface area (Å²) in [6.45, 7) is 1.86. The normalized spacial score (nSPS) is 22.8. The van der Waals surface area contributed by atoms with E-state index in [1.54, 1.807) is 4.90 Å². The second-order valence-electron chi connectivity index (χ2n) is 6.31. The van der Waals surface area contributed by atoms with E-state index in [1.165, 1.54) is 4.90 Å². The summed E-state index contributed by atoms with van der Waals surface area (Å²) in [5, 5.41) is 2.83. The van der Waals surface area contributed by atoms with Gasteiger partial charge in [-0.05, 0) is 5.56 Å². The van der Waals surface area contributed by atoms with Crippen molar-refractivity contribution in [2.75, 3.05) is 39.5 Å². The number of urea groups is 1. The fourth-order valence-electron chi connectivity index (χ4n) is 3.42. The van der Waals surface area contributed by atoms with Crippen LogP contribution in [0.4, 0.5) is 4.79 Å². The van der Waals surface area contributed by atoms with Crippen LogP contribution in [-0.4, -0.2) is 67.2 Å². The first kappa shape index (κ1) is 16.6. The standard InChI is InChI=1S/C18H19N3O5/c22-14(20-6-8-25-9-7-20)10-21-13-11-26-17(23)15(13)16(19-18(21)24)12-4-2-1-3-5-12/h1-5,16H,6-11H2,(H,19,24)/t16-/m1/s1. The van der Waals surface area contributed by atoms with Crippen LogP contribution in [0.15, 0.2) is 41.6 Å². The van der Waals surface area contributed by atoms with E-state index < -0.39 is 18.0 Å². The van der Waals surface area contributed by atoms with Crippen LogP contribution in [0.5, 0.6) is 0 Å². The van der Waals surface area contributed by atoms with Crippen LogP contribution < -0.4 is 5.32 Å². The molecule has 0 aromatic heterocycles. The van der Waals surface area contributed by atoms with E-state index in [9.17, 15) is 14.4 Å². The van der Waals surface area contributed by atoms with Crippen molar-refractivity contribution >= 4 is 17.9 Å². The van der Waals surface area contributed by atoms with Crippen molar-refractivity contribution in [3.63, 3.8) is 0 Å². The Labute approximate surface area is 150 Å². The van der Waals surface area contributed by atoms with Crippen LogP contribution in [0.3, 0.4) is 0 Å². The largest absolute Gasteiger partial charge is 0.456 e. The van der Waals surface area contributed by atoms with E-state index in [0.717, 1.165) is 5.56 Å². The number of esters is 1. The molecule has 136 valence electrons. The number of carbonyl (C=O) groups excluding carboxylic acids is 3. The number of hydrogen-bond acceptors (Lipinski definition) is 5. The highest BCUT2D eigenvalue weighted by atomic mass is 16.5. The fraction of sp³-hybridized carbons (Fsp3) is 0.389. The van der Waals surface area contributed by atoms with E-state index in [2.05, 4.69) is 5.32 Å². The Morgan fingerprint density at radius 2 is 1.88 bits per heavy atom. The van der Waals surface area contributed by atoms with Gasteiger partial charge in [0, 0.05) is 13.1 Å². The van der Waals surface area contributed by atoms with Crippen molar-refractivity contribution in [3.8, 4) is 0 Å². The number of nitrogens with one attached hydrogen (secondary N) is 1. The number of cyclic esters (lactones) is 1. The van der Waals surface area contributed by atoms with Crippen LogP contribution in [0.2, 0.25) is 0 Å². The van der Waals surface area contributed by atoms with Crippen LogP contribution in [0.25, 0.3) is 0 Å². The minimum absolute atomic E-state index is 0.00130. The Balaban J connectivity index is 1.61. The molecule has 1 aromatic carbocycles. The predicted octanol–water partition coefficient (Wildman–Crippen LogP) is 0.423. The van der Waals surface area contributed by atoms with Crippen molar-refractivity contribution in [3.05, 3.63) is 47.2 Å². The minimum atomic E-state index is -0.566. The first-order valence-electron chi connectivity index (χ1n) is 8.54. The molecular formula is C18H19N3O5. The molecule has 0 unspecified atom stereocenters. The van der Waals surface area contributed by atoms with Gasteiger partial charge in [-0.15, -0.1) is 0 Å². The summed E-state index contributed by atoms with van der Waals surface area (Å²) in [6, 6.07) is 8.27. The third-order valence-corrected chi connectivity index (χ3v) is 4.79. The van der Waals surface area contributed by atoms with E-state index in [4.69, 9.17) is 9.47 Å². The lowest BCUT2D eigenvalue weighted by Crippen LogP contribution is -2.52. The zero-order valence-electron chi connectivity index (χ0n) is 14.1. The highest BCUT2D eigenvalue weighted by Crippen LogP contribution is 2.34. The first-order valence-corrected chi connectivity index (χ1v) is 8.54. The molecule has 0 aliphatic carbocycles. The topological polar surface area (TPSA) is 88.2 Å². The predicted molar refractivity (Wildman–Crippen MR) is 89.8 cm³/mol. The number of benzene rings is 1. The smallest absolute Gasteiger partial charge is 0.338 e. The molecule has 1 N–H and O–H groups in total. The number of amides is 3. The summed E-state index contributed by atoms with van der Waals surface area (Å²) in [5.41, 5.74) is 1.66. The summed E-state index contributed by atoms with van der Waals surface area (Å²) < 4.78 is 10.4. The summed E-state index contributed by atoms with van der Waals surface area (Å²) >= 11 is 0. The first-order chi connectivity index (χ1) is 12.6. The van der Waals surface area contributed by atoms with Gasteiger partial charge in [0.05, 0.1) is 30.5 Å². The molecule has 3 heterocycles. The van der Waals surface area contributed by atoms with E-state index in [1.807, 2.05) is 30.3 Å². The minimum Gasteiger partial charge on any atom is -0.456 e. The van der Waals surface area contributed by atoms with Crippen molar-refractivity contribution in [1.82, 2.24) is 15.1 Å². The number of hydrogen-bond donors (Lipinski definition) is 1. The molecule has 1 fully saturated rings. The molecule has 0 spiro atoms. The lowest BCUT2D eigenvalue weighted by molar-refractivity contribution is -0.136. The number of ether oxygens (including phenoxy) is 2. The zero-order valence-corrected chi connectivity index (χ0v) is 14.1. The van der Waals surface area contributed by atoms with Crippen LogP contribution in [0, 0.1) is 0 Å². The molecule has 0 bridgehead atoms. The summed E-state index contributed by atoms with van der Waals surface area (Å²) in [7, 11) is 0. The lowest BCUT2D eigenvalue weighted by atomic mass is 9.96. The number of nitrogens with zero attached hydrogens (tertiary/aromatic N) is 2. The van der Waals surface area contributed by atoms with Gasteiger partial charge in [0.2, 0.25) is 5.91 Å². The maximum atomic E-state index is 12.7. The molecule has 1 saturated heterocycles. The SMILES string of the molecule is O=C1OCC2=C1[C@@H](c1ccccc1)NC(=O)N2CC(=O)N1CCOCC1. The molecule has 8 nitrogen and oxygen atoms in total. The molecule has 3 aliphatic rings. The van der Waals surface area contributed by atoms with Gasteiger partial charge in [-0.3, -0.25) is 9.69 Å². The Hall–Kier alpha value is -2.87. The molecule has 26 heavy (non-hydrogen) atoms. The van der Waals surface area contributed by atoms with E-state index >= 15 is 0 Å². The van der Waals surface area contributed by atoms with Gasteiger partial charge >= 0.3 is 12.0 Å². The van der Waals surface area contributed by atoms with Gasteiger partial charge < -0.3 is 19.7 Å². The second kappa shape index (κ2) is 6.80. The van der Waals surface area contributed by atoms with Crippen molar-refractivity contribution in [1.29, 1.82) is 0 Å². The highest BCUT2D eigenvalue weighted by Gasteiger charge is 2.43. The van der Waals surface area contributed by atoms with Crippen molar-refractivity contribution in [2.45, 2.75) is 6.04 Å². The van der Waals surface area contributed by atoms with Crippen molar-refractivity contribution in [2.24, 2.45) is 0 Å². The summed E-state index contributed by atoms with van der Waals surface area (Å²) in [4.78, 5) is 40.4. The Bertz CT molecular complexity index is 770. The van der Waals surface area contributed by atoms with Gasteiger partial charge in [-0.25, -0.2) is 9.59 Å². The van der Waals surface area contributed by atoms with Crippen LogP contribution in [-0.2, 0) is 19.1 Å². The Morgan fingerprint density at radius 3 is 2.62 bits per heavy atom. The third-order valence-electron chi connectivity index (χ3n) is 4.79. The Morgan fingerprint density at radius 1 is 1.15 bits per heavy atom. The van der Waals surface area contributed by atoms with Crippen LogP contribution in [0.1, 0.15) is 11.6 Å². The molecule has 1 atom stereocenters. The van der Waals surface area contributed by atoms with Gasteiger partial charge in [0.15, 0.2) is 0 Å². The highest BCUT2D eigenvalue weighted by molar-refractivity contribution is 5.98. The molecule has 8 heteroatoms. The monoisotopic (exact) mass is 357 g/mol. The third kappa shape index (κ3) is 2.92. The van der Waals surface area contributed by atoms with E-state index in [0.29, 0.717) is 37.6 Å². The maximum Gasteiger partial charge on any atom is 0.338 e. The molecule has 3 aliphatic heterocycles. The molecule has 3 amide bonds. The number of rotatable bonds is 3. The molecular weight excluding hydrogens is 338 g/mol. The van der Waals surface area contributed by atoms with Gasteiger partial charge in [0.1, 0.15) is 13.2 Å². The lowest BCUT2D eigenvalue weighted by Gasteiger charge is -2.34. The molecule has 0 saturated carbocycles. The maximum absolute atomic E-state index is 12.7. The van der Waals surface area contributed by atoms with Gasteiger partial charge in [-0.2, -0.15) is 0 Å². The van der Waals surface area contributed by atoms with Crippen molar-refractivity contribution < 1.29 is 23.9 Å². The van der Waals surface area contributed by atoms with E-state index in [-0.39, 0.29) is 19.1 Å². The second-order valence-corrected chi connectivity index (χ2v) is 6.31.